The lowest BCUT2D eigenvalue weighted by atomic mass is 10.2. The van der Waals surface area contributed by atoms with Crippen molar-refractivity contribution < 1.29 is 4.74 Å². The quantitative estimate of drug-likeness (QED) is 0.675. The molecule has 2 aromatic heterocycles. The van der Waals surface area contributed by atoms with E-state index < -0.39 is 0 Å². The lowest BCUT2D eigenvalue weighted by molar-refractivity contribution is 0.414. The van der Waals surface area contributed by atoms with E-state index in [9.17, 15) is 0 Å². The normalized spacial score (nSPS) is 10.6. The third-order valence-electron chi connectivity index (χ3n) is 3.13. The molecule has 0 atom stereocenters. The van der Waals surface area contributed by atoms with Crippen LogP contribution in [0.1, 0.15) is 5.56 Å². The Morgan fingerprint density at radius 2 is 2.14 bits per heavy atom. The molecular formula is C15H15N5OS. The largest absolute Gasteiger partial charge is 0.497 e. The second-order valence-electron chi connectivity index (χ2n) is 4.60. The zero-order chi connectivity index (χ0) is 15.4. The van der Waals surface area contributed by atoms with E-state index >= 15 is 0 Å². The second kappa shape index (κ2) is 6.57. The van der Waals surface area contributed by atoms with Gasteiger partial charge < -0.3 is 9.30 Å². The Morgan fingerprint density at radius 1 is 1.23 bits per heavy atom. The van der Waals surface area contributed by atoms with Gasteiger partial charge in [0, 0.05) is 25.2 Å². The standard InChI is InChI=1S/C15H15N5OS/c1-20-14(13-9-16-6-7-17-13)18-19-15(20)22-10-11-4-3-5-12(8-11)21-2/h3-9H,10H2,1-2H3. The summed E-state index contributed by atoms with van der Waals surface area (Å²) in [6.07, 6.45) is 4.96. The summed E-state index contributed by atoms with van der Waals surface area (Å²) < 4.78 is 7.16. The van der Waals surface area contributed by atoms with Gasteiger partial charge in [-0.3, -0.25) is 4.98 Å². The number of methoxy groups -OCH3 is 1. The van der Waals surface area contributed by atoms with Crippen LogP contribution in [0.5, 0.6) is 5.75 Å². The SMILES string of the molecule is COc1cccc(CSc2nnc(-c3cnccn3)n2C)c1. The third-order valence-corrected chi connectivity index (χ3v) is 4.22. The minimum atomic E-state index is 0.709. The Balaban J connectivity index is 1.75. The topological polar surface area (TPSA) is 65.7 Å². The molecule has 6 nitrogen and oxygen atoms in total. The van der Waals surface area contributed by atoms with E-state index in [0.29, 0.717) is 11.5 Å². The van der Waals surface area contributed by atoms with E-state index in [-0.39, 0.29) is 0 Å². The molecule has 0 saturated carbocycles. The maximum atomic E-state index is 5.23. The molecule has 0 N–H and O–H groups in total. The molecule has 0 amide bonds. The summed E-state index contributed by atoms with van der Waals surface area (Å²) in [4.78, 5) is 8.31. The van der Waals surface area contributed by atoms with Gasteiger partial charge in [-0.25, -0.2) is 4.98 Å². The van der Waals surface area contributed by atoms with Crippen LogP contribution >= 0.6 is 11.8 Å². The van der Waals surface area contributed by atoms with Gasteiger partial charge in [-0.15, -0.1) is 10.2 Å². The Morgan fingerprint density at radius 3 is 2.91 bits per heavy atom. The zero-order valence-electron chi connectivity index (χ0n) is 12.3. The molecule has 0 bridgehead atoms. The van der Waals surface area contributed by atoms with Gasteiger partial charge in [0.05, 0.1) is 13.3 Å². The maximum absolute atomic E-state index is 5.23. The summed E-state index contributed by atoms with van der Waals surface area (Å²) in [6.45, 7) is 0. The van der Waals surface area contributed by atoms with Gasteiger partial charge in [0.15, 0.2) is 11.0 Å². The van der Waals surface area contributed by atoms with Crippen molar-refractivity contribution in [2.45, 2.75) is 10.9 Å². The van der Waals surface area contributed by atoms with Gasteiger partial charge in [-0.1, -0.05) is 23.9 Å². The molecule has 3 aromatic rings. The monoisotopic (exact) mass is 313 g/mol. The van der Waals surface area contributed by atoms with Crippen LogP contribution in [0.15, 0.2) is 48.0 Å². The molecular weight excluding hydrogens is 298 g/mol. The summed E-state index contributed by atoms with van der Waals surface area (Å²) in [7, 11) is 3.60. The number of hydrogen-bond acceptors (Lipinski definition) is 6. The van der Waals surface area contributed by atoms with Crippen molar-refractivity contribution in [3.8, 4) is 17.3 Å². The number of aromatic nitrogens is 5. The molecule has 0 radical (unpaired) electrons. The number of hydrogen-bond donors (Lipinski definition) is 0. The fraction of sp³-hybridized carbons (Fsp3) is 0.200. The van der Waals surface area contributed by atoms with Crippen molar-refractivity contribution in [3.63, 3.8) is 0 Å². The average molecular weight is 313 g/mol. The highest BCUT2D eigenvalue weighted by Crippen LogP contribution is 2.25. The molecule has 0 spiro atoms. The van der Waals surface area contributed by atoms with Crippen molar-refractivity contribution in [2.24, 2.45) is 7.05 Å². The van der Waals surface area contributed by atoms with E-state index in [2.05, 4.69) is 26.2 Å². The van der Waals surface area contributed by atoms with Crippen molar-refractivity contribution in [1.29, 1.82) is 0 Å². The van der Waals surface area contributed by atoms with Gasteiger partial charge in [-0.05, 0) is 17.7 Å². The first kappa shape index (κ1) is 14.5. The van der Waals surface area contributed by atoms with Crippen molar-refractivity contribution in [3.05, 3.63) is 48.4 Å². The van der Waals surface area contributed by atoms with Gasteiger partial charge in [0.25, 0.3) is 0 Å². The van der Waals surface area contributed by atoms with Crippen LogP contribution in [0.4, 0.5) is 0 Å². The Labute approximate surface area is 132 Å². The van der Waals surface area contributed by atoms with Gasteiger partial charge in [0.2, 0.25) is 0 Å². The lowest BCUT2D eigenvalue weighted by Gasteiger charge is -2.05. The Bertz CT molecular complexity index is 760. The number of ether oxygens (including phenoxy) is 1. The number of benzene rings is 1. The van der Waals surface area contributed by atoms with Crippen LogP contribution in [0.25, 0.3) is 11.5 Å². The van der Waals surface area contributed by atoms with E-state index in [4.69, 9.17) is 4.74 Å². The van der Waals surface area contributed by atoms with E-state index in [0.717, 1.165) is 16.7 Å². The molecule has 112 valence electrons. The van der Waals surface area contributed by atoms with Crippen LogP contribution in [-0.4, -0.2) is 31.8 Å². The molecule has 0 aliphatic heterocycles. The molecule has 0 aliphatic carbocycles. The Kier molecular flexibility index (Phi) is 4.34. The van der Waals surface area contributed by atoms with E-state index in [1.807, 2.05) is 29.8 Å². The predicted molar refractivity (Wildman–Crippen MR) is 84.6 cm³/mol. The summed E-state index contributed by atoms with van der Waals surface area (Å²) in [6, 6.07) is 8.00. The lowest BCUT2D eigenvalue weighted by Crippen LogP contribution is -1.97. The first-order valence-corrected chi connectivity index (χ1v) is 7.68. The highest BCUT2D eigenvalue weighted by atomic mass is 32.2. The van der Waals surface area contributed by atoms with Gasteiger partial charge >= 0.3 is 0 Å². The van der Waals surface area contributed by atoms with E-state index in [1.165, 1.54) is 5.56 Å². The number of rotatable bonds is 5. The molecule has 0 unspecified atom stereocenters. The number of thioether (sulfide) groups is 1. The van der Waals surface area contributed by atoms with Crippen LogP contribution in [0.3, 0.4) is 0 Å². The van der Waals surface area contributed by atoms with Gasteiger partial charge in [-0.2, -0.15) is 0 Å². The number of nitrogens with zero attached hydrogens (tertiary/aromatic N) is 5. The molecule has 0 fully saturated rings. The molecule has 7 heteroatoms. The third kappa shape index (κ3) is 3.09. The smallest absolute Gasteiger partial charge is 0.191 e. The minimum Gasteiger partial charge on any atom is -0.497 e. The van der Waals surface area contributed by atoms with Crippen molar-refractivity contribution >= 4 is 11.8 Å². The first-order valence-electron chi connectivity index (χ1n) is 6.69. The zero-order valence-corrected chi connectivity index (χ0v) is 13.1. The van der Waals surface area contributed by atoms with Crippen molar-refractivity contribution in [1.82, 2.24) is 24.7 Å². The summed E-state index contributed by atoms with van der Waals surface area (Å²) >= 11 is 1.62. The summed E-state index contributed by atoms with van der Waals surface area (Å²) in [5, 5.41) is 9.26. The maximum Gasteiger partial charge on any atom is 0.191 e. The first-order chi connectivity index (χ1) is 10.8. The highest BCUT2D eigenvalue weighted by Gasteiger charge is 2.12. The van der Waals surface area contributed by atoms with Crippen LogP contribution < -0.4 is 4.74 Å². The van der Waals surface area contributed by atoms with Crippen molar-refractivity contribution in [2.75, 3.05) is 7.11 Å². The predicted octanol–water partition coefficient (Wildman–Crippen LogP) is 2.57. The van der Waals surface area contributed by atoms with Crippen LogP contribution in [0.2, 0.25) is 0 Å². The average Bonchev–Trinajstić information content (AvgIpc) is 2.95. The highest BCUT2D eigenvalue weighted by molar-refractivity contribution is 7.98. The summed E-state index contributed by atoms with van der Waals surface area (Å²) in [5.41, 5.74) is 1.89. The molecule has 1 aromatic carbocycles. The molecule has 0 saturated heterocycles. The fourth-order valence-electron chi connectivity index (χ4n) is 1.99. The van der Waals surface area contributed by atoms with Crippen LogP contribution in [-0.2, 0) is 12.8 Å². The van der Waals surface area contributed by atoms with Crippen LogP contribution in [0, 0.1) is 0 Å². The second-order valence-corrected chi connectivity index (χ2v) is 5.54. The molecule has 22 heavy (non-hydrogen) atoms. The Hall–Kier alpha value is -2.41. The fourth-order valence-corrected chi connectivity index (χ4v) is 2.84. The molecule has 3 rings (SSSR count). The molecule has 2 heterocycles. The van der Waals surface area contributed by atoms with E-state index in [1.54, 1.807) is 37.5 Å². The minimum absolute atomic E-state index is 0.709. The molecule has 0 aliphatic rings. The van der Waals surface area contributed by atoms with Gasteiger partial charge in [0.1, 0.15) is 11.4 Å². The summed E-state index contributed by atoms with van der Waals surface area (Å²) in [5.74, 6) is 2.36.